The van der Waals surface area contributed by atoms with Gasteiger partial charge in [0.15, 0.2) is 0 Å². The molecule has 0 fully saturated rings. The lowest BCUT2D eigenvalue weighted by molar-refractivity contribution is 0.0779. The highest BCUT2D eigenvalue weighted by Gasteiger charge is 2.23. The lowest BCUT2D eigenvalue weighted by Gasteiger charge is -2.23. The minimum atomic E-state index is -0.0405. The van der Waals surface area contributed by atoms with Gasteiger partial charge in [-0.25, -0.2) is 14.6 Å². The number of likely N-dealkylation sites (N-methyl/N-ethyl adjacent to an activating group) is 2. The van der Waals surface area contributed by atoms with Gasteiger partial charge in [-0.05, 0) is 62.2 Å². The van der Waals surface area contributed by atoms with Gasteiger partial charge in [0, 0.05) is 31.9 Å². The third-order valence-corrected chi connectivity index (χ3v) is 6.51. The van der Waals surface area contributed by atoms with Crippen LogP contribution >= 0.6 is 0 Å². The number of hydrogen-bond donors (Lipinski definition) is 0. The summed E-state index contributed by atoms with van der Waals surface area (Å²) in [6, 6.07) is 6.09. The molecule has 1 aliphatic carbocycles. The molecule has 0 bridgehead atoms. The van der Waals surface area contributed by atoms with E-state index < -0.39 is 0 Å². The van der Waals surface area contributed by atoms with Crippen molar-refractivity contribution in [2.45, 2.75) is 33.6 Å². The fraction of sp³-hybridized carbons (Fsp3) is 0.440. The number of ether oxygens (including phenoxy) is 1. The van der Waals surface area contributed by atoms with E-state index in [9.17, 15) is 4.79 Å². The summed E-state index contributed by atoms with van der Waals surface area (Å²) in [4.78, 5) is 26.5. The molecule has 0 spiro atoms. The Kier molecular flexibility index (Phi) is 6.74. The van der Waals surface area contributed by atoms with Crippen molar-refractivity contribution in [1.82, 2.24) is 29.5 Å². The Morgan fingerprint density at radius 2 is 1.88 bits per heavy atom. The molecule has 0 saturated carbocycles. The van der Waals surface area contributed by atoms with Gasteiger partial charge in [-0.3, -0.25) is 4.79 Å². The average Bonchev–Trinajstić information content (AvgIpc) is 3.24. The molecular weight excluding hydrogens is 416 g/mol. The molecule has 174 valence electrons. The molecule has 33 heavy (non-hydrogen) atoms. The summed E-state index contributed by atoms with van der Waals surface area (Å²) in [5, 5.41) is 4.46. The van der Waals surface area contributed by atoms with E-state index in [-0.39, 0.29) is 5.91 Å². The highest BCUT2D eigenvalue weighted by molar-refractivity contribution is 5.95. The number of fused-ring (bicyclic) bond motifs is 3. The van der Waals surface area contributed by atoms with Crippen LogP contribution in [0.1, 0.15) is 41.0 Å². The van der Waals surface area contributed by atoms with Gasteiger partial charge < -0.3 is 14.5 Å². The van der Waals surface area contributed by atoms with Crippen molar-refractivity contribution < 1.29 is 9.53 Å². The molecule has 0 atom stereocenters. The summed E-state index contributed by atoms with van der Waals surface area (Å²) in [5.41, 5.74) is 5.66. The topological polar surface area (TPSA) is 76.4 Å². The van der Waals surface area contributed by atoms with Crippen LogP contribution in [-0.4, -0.2) is 75.8 Å². The largest absolute Gasteiger partial charge is 0.497 e. The van der Waals surface area contributed by atoms with Crippen LogP contribution in [0, 0.1) is 6.92 Å². The van der Waals surface area contributed by atoms with Crippen molar-refractivity contribution >= 4 is 5.91 Å². The number of carbonyl (C=O) groups is 1. The number of aromatic nitrogens is 4. The molecule has 1 aromatic carbocycles. The Morgan fingerprint density at radius 3 is 2.61 bits per heavy atom. The maximum Gasteiger partial charge on any atom is 0.257 e. The molecule has 1 amide bonds. The second kappa shape index (κ2) is 9.70. The van der Waals surface area contributed by atoms with E-state index in [4.69, 9.17) is 9.72 Å². The predicted octanol–water partition coefficient (Wildman–Crippen LogP) is 3.16. The monoisotopic (exact) mass is 448 g/mol. The van der Waals surface area contributed by atoms with E-state index in [0.29, 0.717) is 18.1 Å². The van der Waals surface area contributed by atoms with Crippen molar-refractivity contribution in [3.8, 4) is 23.0 Å². The fourth-order valence-electron chi connectivity index (χ4n) is 4.28. The van der Waals surface area contributed by atoms with Crippen LogP contribution in [0.5, 0.6) is 5.75 Å². The third-order valence-electron chi connectivity index (χ3n) is 6.51. The van der Waals surface area contributed by atoms with Gasteiger partial charge in [0.25, 0.3) is 11.9 Å². The number of rotatable bonds is 8. The summed E-state index contributed by atoms with van der Waals surface area (Å²) in [5.74, 6) is 1.28. The molecule has 8 heteroatoms. The number of methoxy groups -OCH3 is 1. The Bertz CT molecular complexity index is 1150. The highest BCUT2D eigenvalue weighted by atomic mass is 16.5. The molecule has 2 aromatic heterocycles. The van der Waals surface area contributed by atoms with Gasteiger partial charge in [-0.1, -0.05) is 13.8 Å². The van der Waals surface area contributed by atoms with E-state index in [0.717, 1.165) is 60.7 Å². The first-order chi connectivity index (χ1) is 16.0. The smallest absolute Gasteiger partial charge is 0.257 e. The van der Waals surface area contributed by atoms with Gasteiger partial charge in [0.1, 0.15) is 5.75 Å². The first kappa shape index (κ1) is 22.9. The number of carbonyl (C=O) groups excluding carboxylic acids is 1. The van der Waals surface area contributed by atoms with E-state index >= 15 is 0 Å². The van der Waals surface area contributed by atoms with Crippen LogP contribution in [0.15, 0.2) is 30.6 Å². The van der Waals surface area contributed by atoms with Crippen LogP contribution in [-0.2, 0) is 12.8 Å². The molecule has 1 aliphatic rings. The molecule has 0 radical (unpaired) electrons. The first-order valence-electron chi connectivity index (χ1n) is 11.5. The minimum absolute atomic E-state index is 0.0405. The summed E-state index contributed by atoms with van der Waals surface area (Å²) in [6.07, 6.45) is 5.31. The predicted molar refractivity (Wildman–Crippen MR) is 128 cm³/mol. The van der Waals surface area contributed by atoms with Crippen molar-refractivity contribution in [3.05, 3.63) is 53.0 Å². The first-order valence-corrected chi connectivity index (χ1v) is 11.5. The highest BCUT2D eigenvalue weighted by Crippen LogP contribution is 2.34. The molecule has 4 rings (SSSR count). The van der Waals surface area contributed by atoms with Gasteiger partial charge in [0.05, 0.1) is 30.3 Å². The van der Waals surface area contributed by atoms with Crippen LogP contribution in [0.2, 0.25) is 0 Å². The Balaban J connectivity index is 1.59. The molecule has 8 nitrogen and oxygen atoms in total. The van der Waals surface area contributed by atoms with E-state index in [1.807, 2.05) is 26.2 Å². The standard InChI is InChI=1S/C25H32N6O2/c1-6-30(7-2)13-12-29(4)24(32)22-16-27-31(17(22)3)25-26-15-19-9-8-18-14-20(33-5)10-11-21(18)23(19)28-25/h10-11,14-16H,6-9,12-13H2,1-5H3. The molecule has 0 N–H and O–H groups in total. The Labute approximate surface area is 195 Å². The number of amides is 1. The normalized spacial score (nSPS) is 12.4. The zero-order valence-electron chi connectivity index (χ0n) is 20.1. The van der Waals surface area contributed by atoms with Crippen molar-refractivity contribution in [2.24, 2.45) is 0 Å². The number of benzene rings is 1. The Hall–Kier alpha value is -3.26. The van der Waals surface area contributed by atoms with Gasteiger partial charge >= 0.3 is 0 Å². The summed E-state index contributed by atoms with van der Waals surface area (Å²) in [6.45, 7) is 9.61. The second-order valence-corrected chi connectivity index (χ2v) is 8.38. The molecule has 3 aromatic rings. The van der Waals surface area contributed by atoms with E-state index in [1.54, 1.807) is 22.9 Å². The summed E-state index contributed by atoms with van der Waals surface area (Å²) >= 11 is 0. The maximum atomic E-state index is 13.1. The number of aryl methyl sites for hydroxylation is 2. The van der Waals surface area contributed by atoms with Crippen molar-refractivity contribution in [1.29, 1.82) is 0 Å². The fourth-order valence-corrected chi connectivity index (χ4v) is 4.28. The zero-order chi connectivity index (χ0) is 23.5. The van der Waals surface area contributed by atoms with Crippen LogP contribution in [0.4, 0.5) is 0 Å². The summed E-state index contributed by atoms with van der Waals surface area (Å²) < 4.78 is 7.04. The lowest BCUT2D eigenvalue weighted by atomic mass is 9.90. The van der Waals surface area contributed by atoms with E-state index in [1.165, 1.54) is 5.56 Å². The number of nitrogens with zero attached hydrogens (tertiary/aromatic N) is 6. The Morgan fingerprint density at radius 1 is 1.12 bits per heavy atom. The van der Waals surface area contributed by atoms with Crippen molar-refractivity contribution in [2.75, 3.05) is 40.3 Å². The summed E-state index contributed by atoms with van der Waals surface area (Å²) in [7, 11) is 3.52. The zero-order valence-corrected chi connectivity index (χ0v) is 20.1. The number of hydrogen-bond acceptors (Lipinski definition) is 6. The van der Waals surface area contributed by atoms with E-state index in [2.05, 4.69) is 41.0 Å². The minimum Gasteiger partial charge on any atom is -0.497 e. The molecular formula is C25H32N6O2. The average molecular weight is 449 g/mol. The molecule has 2 heterocycles. The molecule has 0 aliphatic heterocycles. The second-order valence-electron chi connectivity index (χ2n) is 8.38. The quantitative estimate of drug-likeness (QED) is 0.527. The maximum absolute atomic E-state index is 13.1. The SMILES string of the molecule is CCN(CC)CCN(C)C(=O)c1cnn(-c2ncc3c(n2)-c2ccc(OC)cc2CC3)c1C. The van der Waals surface area contributed by atoms with Crippen LogP contribution in [0.3, 0.4) is 0 Å². The van der Waals surface area contributed by atoms with Crippen LogP contribution in [0.25, 0.3) is 17.2 Å². The van der Waals surface area contributed by atoms with Gasteiger partial charge in [-0.2, -0.15) is 5.10 Å². The van der Waals surface area contributed by atoms with Crippen LogP contribution < -0.4 is 4.74 Å². The van der Waals surface area contributed by atoms with Crippen molar-refractivity contribution in [3.63, 3.8) is 0 Å². The third kappa shape index (κ3) is 4.48. The van der Waals surface area contributed by atoms with Gasteiger partial charge in [0.2, 0.25) is 0 Å². The molecule has 0 unspecified atom stereocenters. The molecule has 0 saturated heterocycles. The van der Waals surface area contributed by atoms with Gasteiger partial charge in [-0.15, -0.1) is 0 Å². The lowest BCUT2D eigenvalue weighted by Crippen LogP contribution is -2.36.